The Morgan fingerprint density at radius 2 is 1.86 bits per heavy atom. The fraction of sp³-hybridized carbons (Fsp3) is 0.211. The lowest BCUT2D eigenvalue weighted by Gasteiger charge is -2.15. The Kier molecular flexibility index (Phi) is 7.22. The summed E-state index contributed by atoms with van der Waals surface area (Å²) in [6.45, 7) is 0.923. The minimum atomic E-state index is -1.08. The number of primary amides is 1. The lowest BCUT2D eigenvalue weighted by Crippen LogP contribution is -2.31. The largest absolute Gasteiger partial charge is 0.495 e. The first-order chi connectivity index (χ1) is 13.3. The minimum Gasteiger partial charge on any atom is -0.495 e. The Balaban J connectivity index is 1.89. The number of ether oxygens (including phenoxy) is 3. The van der Waals surface area contributed by atoms with Gasteiger partial charge in [-0.1, -0.05) is 23.7 Å². The number of carbonyl (C=O) groups is 3. The van der Waals surface area contributed by atoms with E-state index in [-0.39, 0.29) is 11.3 Å². The van der Waals surface area contributed by atoms with Crippen LogP contribution in [0.25, 0.3) is 0 Å². The zero-order valence-corrected chi connectivity index (χ0v) is 16.0. The Morgan fingerprint density at radius 3 is 2.50 bits per heavy atom. The molecule has 2 aromatic carbocycles. The number of rotatable bonds is 8. The molecule has 0 saturated heterocycles. The van der Waals surface area contributed by atoms with Gasteiger partial charge in [0.25, 0.3) is 11.8 Å². The third kappa shape index (κ3) is 5.62. The molecule has 2 rings (SSSR count). The number of hydrogen-bond donors (Lipinski definition) is 2. The number of carbonyl (C=O) groups excluding carboxylic acids is 3. The fourth-order valence-corrected chi connectivity index (χ4v) is 2.46. The first kappa shape index (κ1) is 21.0. The number of methoxy groups -OCH3 is 1. The number of benzene rings is 2. The van der Waals surface area contributed by atoms with Crippen LogP contribution in [0.2, 0.25) is 5.02 Å². The highest BCUT2D eigenvalue weighted by Crippen LogP contribution is 2.27. The SMILES string of the molecule is COc1ccc(NC(=O)[C@H](C)OC(=O)COc2ccccc2C(N)=O)cc1Cl. The van der Waals surface area contributed by atoms with Gasteiger partial charge >= 0.3 is 5.97 Å². The number of anilines is 1. The van der Waals surface area contributed by atoms with Gasteiger partial charge in [0.05, 0.1) is 17.7 Å². The minimum absolute atomic E-state index is 0.137. The Morgan fingerprint density at radius 1 is 1.14 bits per heavy atom. The number of amides is 2. The van der Waals surface area contributed by atoms with E-state index in [0.717, 1.165) is 0 Å². The molecule has 1 atom stereocenters. The van der Waals surface area contributed by atoms with Crippen LogP contribution in [0.5, 0.6) is 11.5 Å². The second-order valence-corrected chi connectivity index (χ2v) is 6.03. The second-order valence-electron chi connectivity index (χ2n) is 5.62. The third-order valence-corrected chi connectivity index (χ3v) is 3.89. The van der Waals surface area contributed by atoms with Crippen molar-refractivity contribution >= 4 is 35.1 Å². The van der Waals surface area contributed by atoms with Gasteiger partial charge in [-0.15, -0.1) is 0 Å². The third-order valence-electron chi connectivity index (χ3n) is 3.59. The molecule has 9 heteroatoms. The first-order valence-corrected chi connectivity index (χ1v) is 8.55. The van der Waals surface area contributed by atoms with E-state index in [4.69, 9.17) is 31.5 Å². The standard InChI is InChI=1S/C19H19ClN2O6/c1-11(19(25)22-12-7-8-16(26-2)14(20)9-12)28-17(23)10-27-15-6-4-3-5-13(15)18(21)24/h3-9,11H,10H2,1-2H3,(H2,21,24)(H,22,25)/t11-/m0/s1. The van der Waals surface area contributed by atoms with Crippen LogP contribution in [0, 0.1) is 0 Å². The zero-order valence-electron chi connectivity index (χ0n) is 15.2. The molecular formula is C19H19ClN2O6. The van der Waals surface area contributed by atoms with Gasteiger partial charge in [-0.05, 0) is 37.3 Å². The summed E-state index contributed by atoms with van der Waals surface area (Å²) >= 11 is 6.00. The van der Waals surface area contributed by atoms with E-state index < -0.39 is 30.5 Å². The maximum Gasteiger partial charge on any atom is 0.344 e. The summed E-state index contributed by atoms with van der Waals surface area (Å²) in [6, 6.07) is 10.9. The van der Waals surface area contributed by atoms with Crippen molar-refractivity contribution in [3.8, 4) is 11.5 Å². The van der Waals surface area contributed by atoms with Crippen molar-refractivity contribution in [1.82, 2.24) is 0 Å². The van der Waals surface area contributed by atoms with E-state index >= 15 is 0 Å². The number of esters is 1. The average Bonchev–Trinajstić information content (AvgIpc) is 2.66. The van der Waals surface area contributed by atoms with Crippen LogP contribution in [-0.2, 0) is 14.3 Å². The molecule has 0 aliphatic heterocycles. The van der Waals surface area contributed by atoms with Gasteiger partial charge in [-0.3, -0.25) is 9.59 Å². The van der Waals surface area contributed by atoms with Crippen molar-refractivity contribution in [2.75, 3.05) is 19.0 Å². The smallest absolute Gasteiger partial charge is 0.344 e. The van der Waals surface area contributed by atoms with Gasteiger partial charge in [0.1, 0.15) is 11.5 Å². The fourth-order valence-electron chi connectivity index (χ4n) is 2.21. The molecule has 0 spiro atoms. The molecule has 0 fully saturated rings. The predicted molar refractivity (Wildman–Crippen MR) is 103 cm³/mol. The number of hydrogen-bond acceptors (Lipinski definition) is 6. The Bertz CT molecular complexity index is 886. The van der Waals surface area contributed by atoms with Crippen LogP contribution < -0.4 is 20.5 Å². The molecule has 0 aromatic heterocycles. The molecule has 0 bridgehead atoms. The summed E-state index contributed by atoms with van der Waals surface area (Å²) in [5.41, 5.74) is 5.80. The van der Waals surface area contributed by atoms with Crippen LogP contribution in [0.1, 0.15) is 17.3 Å². The highest BCUT2D eigenvalue weighted by atomic mass is 35.5. The number of nitrogens with two attached hydrogens (primary N) is 1. The molecule has 28 heavy (non-hydrogen) atoms. The van der Waals surface area contributed by atoms with Gasteiger partial charge in [-0.25, -0.2) is 4.79 Å². The molecule has 148 valence electrons. The first-order valence-electron chi connectivity index (χ1n) is 8.17. The second kappa shape index (κ2) is 9.61. The lowest BCUT2D eigenvalue weighted by atomic mass is 10.2. The van der Waals surface area contributed by atoms with Crippen molar-refractivity contribution in [2.24, 2.45) is 5.73 Å². The number of nitrogens with one attached hydrogen (secondary N) is 1. The molecule has 0 saturated carbocycles. The van der Waals surface area contributed by atoms with E-state index in [1.54, 1.807) is 24.3 Å². The van der Waals surface area contributed by atoms with Crippen LogP contribution in [0.4, 0.5) is 5.69 Å². The molecule has 0 unspecified atom stereocenters. The van der Waals surface area contributed by atoms with Crippen molar-refractivity contribution in [2.45, 2.75) is 13.0 Å². The molecule has 8 nitrogen and oxygen atoms in total. The van der Waals surface area contributed by atoms with E-state index in [1.165, 1.54) is 32.2 Å². The maximum absolute atomic E-state index is 12.2. The number of halogens is 1. The predicted octanol–water partition coefficient (Wildman–Crippen LogP) is 2.40. The van der Waals surface area contributed by atoms with Gasteiger partial charge in [-0.2, -0.15) is 0 Å². The van der Waals surface area contributed by atoms with E-state index in [0.29, 0.717) is 16.5 Å². The quantitative estimate of drug-likeness (QED) is 0.650. The van der Waals surface area contributed by atoms with Crippen molar-refractivity contribution in [1.29, 1.82) is 0 Å². The summed E-state index contributed by atoms with van der Waals surface area (Å²) in [6.07, 6.45) is -1.08. The van der Waals surface area contributed by atoms with Crippen molar-refractivity contribution in [3.05, 3.63) is 53.1 Å². The molecule has 0 heterocycles. The summed E-state index contributed by atoms with van der Waals surface area (Å²) in [7, 11) is 1.48. The molecule has 0 aliphatic carbocycles. The molecular weight excluding hydrogens is 388 g/mol. The zero-order chi connectivity index (χ0) is 20.7. The van der Waals surface area contributed by atoms with Gasteiger partial charge < -0.3 is 25.3 Å². The Labute approximate surface area is 166 Å². The van der Waals surface area contributed by atoms with Crippen LogP contribution in [-0.4, -0.2) is 37.6 Å². The summed E-state index contributed by atoms with van der Waals surface area (Å²) < 4.78 is 15.3. The topological polar surface area (TPSA) is 117 Å². The summed E-state index contributed by atoms with van der Waals surface area (Å²) in [5.74, 6) is -1.40. The van der Waals surface area contributed by atoms with Gasteiger partial charge in [0, 0.05) is 5.69 Å². The summed E-state index contributed by atoms with van der Waals surface area (Å²) in [5, 5.41) is 2.90. The molecule has 2 amide bonds. The van der Waals surface area contributed by atoms with Gasteiger partial charge in [0.15, 0.2) is 12.7 Å². The summed E-state index contributed by atoms with van der Waals surface area (Å²) in [4.78, 5) is 35.4. The molecule has 3 N–H and O–H groups in total. The maximum atomic E-state index is 12.2. The highest BCUT2D eigenvalue weighted by molar-refractivity contribution is 6.32. The number of para-hydroxylation sites is 1. The highest BCUT2D eigenvalue weighted by Gasteiger charge is 2.19. The molecule has 0 radical (unpaired) electrons. The Hall–Kier alpha value is -3.26. The van der Waals surface area contributed by atoms with E-state index in [9.17, 15) is 14.4 Å². The molecule has 2 aromatic rings. The van der Waals surface area contributed by atoms with Crippen LogP contribution in [0.3, 0.4) is 0 Å². The van der Waals surface area contributed by atoms with Crippen LogP contribution in [0.15, 0.2) is 42.5 Å². The molecule has 0 aliphatic rings. The average molecular weight is 407 g/mol. The lowest BCUT2D eigenvalue weighted by molar-refractivity contribution is -0.155. The normalized spacial score (nSPS) is 11.2. The van der Waals surface area contributed by atoms with Crippen LogP contribution >= 0.6 is 11.6 Å². The monoisotopic (exact) mass is 406 g/mol. The van der Waals surface area contributed by atoms with E-state index in [2.05, 4.69) is 5.32 Å². The van der Waals surface area contributed by atoms with E-state index in [1.807, 2.05) is 0 Å². The van der Waals surface area contributed by atoms with Gasteiger partial charge in [0.2, 0.25) is 0 Å². The van der Waals surface area contributed by atoms with Crippen molar-refractivity contribution in [3.63, 3.8) is 0 Å². The van der Waals surface area contributed by atoms with Crippen molar-refractivity contribution < 1.29 is 28.6 Å².